The van der Waals surface area contributed by atoms with Crippen LogP contribution in [0.3, 0.4) is 0 Å². The molecular weight excluding hydrogens is 574 g/mol. The van der Waals surface area contributed by atoms with Crippen molar-refractivity contribution in [1.29, 1.82) is 0 Å². The fraction of sp³-hybridized carbons (Fsp3) is 0.758. The summed E-state index contributed by atoms with van der Waals surface area (Å²) in [4.78, 5) is 0. The van der Waals surface area contributed by atoms with Gasteiger partial charge < -0.3 is 20.4 Å². The minimum Gasteiger partial charge on any atom is -0.393 e. The van der Waals surface area contributed by atoms with E-state index in [0.717, 1.165) is 18.4 Å². The predicted molar refractivity (Wildman–Crippen MR) is 154 cm³/mol. The van der Waals surface area contributed by atoms with Crippen LogP contribution in [0.1, 0.15) is 106 Å². The molecule has 43 heavy (non-hydrogen) atoms. The highest BCUT2D eigenvalue weighted by Crippen LogP contribution is 2.64. The van der Waals surface area contributed by atoms with E-state index >= 15 is 0 Å². The van der Waals surface area contributed by atoms with E-state index in [4.69, 9.17) is 8.22 Å². The Kier molecular flexibility index (Phi) is 8.14. The topological polar surface area (TPSA) is 80.9 Å². The van der Waals surface area contributed by atoms with Crippen molar-refractivity contribution in [3.8, 4) is 0 Å². The third-order valence-electron chi connectivity index (χ3n) is 10.2. The Labute approximate surface area is 259 Å². The van der Waals surface area contributed by atoms with Gasteiger partial charge in [-0.2, -0.15) is 26.3 Å². The van der Waals surface area contributed by atoms with Crippen molar-refractivity contribution in [2.45, 2.75) is 134 Å². The van der Waals surface area contributed by atoms with Crippen LogP contribution in [0.4, 0.5) is 26.3 Å². The molecule has 0 aromatic rings. The Hall–Kier alpha value is -1.62. The summed E-state index contributed by atoms with van der Waals surface area (Å²) < 4.78 is 127. The zero-order valence-corrected chi connectivity index (χ0v) is 24.7. The maximum Gasteiger partial charge on any atom is 0.429 e. The quantitative estimate of drug-likeness (QED) is 0.155. The van der Waals surface area contributed by atoms with E-state index in [1.54, 1.807) is 6.92 Å². The molecule has 0 bridgehead atoms. The first kappa shape index (κ1) is 27.7. The molecule has 3 saturated carbocycles. The zero-order valence-electron chi connectivity index (χ0n) is 30.7. The summed E-state index contributed by atoms with van der Waals surface area (Å²) in [6.45, 7) is 1.00. The molecular formula is C33H48F6O4. The van der Waals surface area contributed by atoms with Gasteiger partial charge in [0.25, 0.3) is 5.60 Å². The molecule has 0 aromatic carbocycles. The van der Waals surface area contributed by atoms with Crippen LogP contribution in [-0.2, 0) is 0 Å². The molecule has 3 aliphatic carbocycles. The van der Waals surface area contributed by atoms with Crippen LogP contribution >= 0.6 is 0 Å². The maximum absolute atomic E-state index is 13.5. The lowest BCUT2D eigenvalue weighted by Crippen LogP contribution is -2.55. The molecule has 0 saturated heterocycles. The van der Waals surface area contributed by atoms with Crippen molar-refractivity contribution in [2.75, 3.05) is 0 Å². The third-order valence-corrected chi connectivity index (χ3v) is 10.2. The van der Waals surface area contributed by atoms with Gasteiger partial charge in [-0.1, -0.05) is 50.6 Å². The van der Waals surface area contributed by atoms with Gasteiger partial charge in [0.15, 0.2) is 0 Å². The largest absolute Gasteiger partial charge is 0.429 e. The first-order valence-corrected chi connectivity index (χ1v) is 14.7. The molecule has 246 valence electrons. The van der Waals surface area contributed by atoms with Crippen molar-refractivity contribution in [3.05, 3.63) is 47.6 Å². The summed E-state index contributed by atoms with van der Waals surface area (Å²) in [7, 11) is 0. The fourth-order valence-corrected chi connectivity index (χ4v) is 7.86. The van der Waals surface area contributed by atoms with Gasteiger partial charge in [-0.25, -0.2) is 0 Å². The van der Waals surface area contributed by atoms with Gasteiger partial charge in [0.2, 0.25) is 0 Å². The molecule has 3 rings (SSSR count). The summed E-state index contributed by atoms with van der Waals surface area (Å²) in [6.07, 6.45) is -7.24. The average molecular weight is 629 g/mol. The van der Waals surface area contributed by atoms with Crippen LogP contribution in [-0.4, -0.2) is 56.2 Å². The minimum atomic E-state index is -6.06. The average Bonchev–Trinajstić information content (AvgIpc) is 3.29. The van der Waals surface area contributed by atoms with Crippen molar-refractivity contribution < 1.29 is 55.0 Å². The first-order valence-electron chi connectivity index (χ1n) is 17.7. The normalized spacial score (nSPS) is 35.6. The van der Waals surface area contributed by atoms with Crippen molar-refractivity contribution in [3.63, 3.8) is 0 Å². The van der Waals surface area contributed by atoms with Gasteiger partial charge in [-0.3, -0.25) is 0 Å². The molecule has 4 nitrogen and oxygen atoms in total. The predicted octanol–water partition coefficient (Wildman–Crippen LogP) is 7.88. The molecule has 3 fully saturated rings. The van der Waals surface area contributed by atoms with Crippen molar-refractivity contribution >= 4 is 0 Å². The lowest BCUT2D eigenvalue weighted by molar-refractivity contribution is -0.347. The molecule has 0 amide bonds. The number of allylic oxidation sites excluding steroid dienone is 4. The van der Waals surface area contributed by atoms with Gasteiger partial charge in [0.1, 0.15) is 0 Å². The number of rotatable bonds is 9. The number of hydrogen-bond acceptors (Lipinski definition) is 4. The number of aliphatic hydroxyl groups is 4. The van der Waals surface area contributed by atoms with Crippen LogP contribution < -0.4 is 0 Å². The Morgan fingerprint density at radius 3 is 2.28 bits per heavy atom. The minimum absolute atomic E-state index is 0.0338. The number of fused-ring (bicyclic) bond motifs is 1. The standard InChI is InChI=1S/C33H48F6O4/c1-21-23(19-24(40)20-26(21)41)11-10-22-9-6-17-30(5)25(22)12-13-27(30)29(4,15-7-14-28(2,3)42)16-8-18-31(43,32(34,35)36)33(37,38)39/h8,10-11,18,24-27,40-43H,1,6-7,9,12-17,19-20H2,2-5H3/b18-8-,22-10+,23-11-/t24-,25?,26+,27-,29+,30+/m1/s1/i2D3,3D3. The maximum atomic E-state index is 13.5. The van der Waals surface area contributed by atoms with Crippen molar-refractivity contribution in [2.24, 2.45) is 22.7 Å². The third kappa shape index (κ3) is 7.79. The number of aliphatic hydroxyl groups excluding tert-OH is 2. The zero-order chi connectivity index (χ0) is 37.6. The Morgan fingerprint density at radius 1 is 1.02 bits per heavy atom. The summed E-state index contributed by atoms with van der Waals surface area (Å²) in [5, 5.41) is 41.0. The molecule has 0 spiro atoms. The monoisotopic (exact) mass is 628 g/mol. The van der Waals surface area contributed by atoms with E-state index in [-0.39, 0.29) is 43.6 Å². The Balaban J connectivity index is 2.01. The fourth-order valence-electron chi connectivity index (χ4n) is 7.86. The van der Waals surface area contributed by atoms with E-state index in [1.165, 1.54) is 0 Å². The van der Waals surface area contributed by atoms with E-state index in [9.17, 15) is 46.8 Å². The Morgan fingerprint density at radius 2 is 1.67 bits per heavy atom. The smallest absolute Gasteiger partial charge is 0.393 e. The highest BCUT2D eigenvalue weighted by molar-refractivity contribution is 5.38. The number of hydrogen-bond donors (Lipinski definition) is 4. The molecule has 6 atom stereocenters. The van der Waals surface area contributed by atoms with Crippen LogP contribution in [0.2, 0.25) is 0 Å². The van der Waals surface area contributed by atoms with Crippen LogP contribution in [0.25, 0.3) is 0 Å². The lowest BCUT2D eigenvalue weighted by Gasteiger charge is -2.49. The molecule has 3 aliphatic rings. The summed E-state index contributed by atoms with van der Waals surface area (Å²) in [5.74, 6) is -0.375. The van der Waals surface area contributed by atoms with E-state index in [1.807, 2.05) is 19.1 Å². The summed E-state index contributed by atoms with van der Waals surface area (Å²) in [6, 6.07) is 0. The van der Waals surface area contributed by atoms with Crippen molar-refractivity contribution in [1.82, 2.24) is 0 Å². The summed E-state index contributed by atoms with van der Waals surface area (Å²) in [5.41, 5.74) is -7.54. The lowest BCUT2D eigenvalue weighted by atomic mass is 9.55. The summed E-state index contributed by atoms with van der Waals surface area (Å²) >= 11 is 0. The molecule has 0 aromatic heterocycles. The molecule has 0 radical (unpaired) electrons. The second-order valence-corrected chi connectivity index (χ2v) is 13.3. The van der Waals surface area contributed by atoms with E-state index in [0.29, 0.717) is 42.9 Å². The molecule has 0 heterocycles. The second-order valence-electron chi connectivity index (χ2n) is 13.3. The molecule has 1 unspecified atom stereocenters. The van der Waals surface area contributed by atoms with Gasteiger partial charge >= 0.3 is 12.4 Å². The van der Waals surface area contributed by atoms with Crippen LogP contribution in [0.15, 0.2) is 47.6 Å². The van der Waals surface area contributed by atoms with Gasteiger partial charge in [-0.05, 0) is 111 Å². The van der Waals surface area contributed by atoms with Crippen LogP contribution in [0, 0.1) is 22.7 Å². The molecule has 10 heteroatoms. The molecule has 0 aliphatic heterocycles. The van der Waals surface area contributed by atoms with Crippen LogP contribution in [0.5, 0.6) is 0 Å². The Bertz CT molecular complexity index is 1280. The SMILES string of the molecule is [2H]C([2H])([2H])C(O)(CCC[C@@](C)(C/C=C\C(O)(C(F)(F)F)C(F)(F)F)[C@H]1CCC2/C(=C/C=C3/C[C@@H](O)C[C@H](O)C3=C)CCC[C@@]21C)C([2H])([2H])[2H]. The number of alkyl halides is 6. The van der Waals surface area contributed by atoms with Gasteiger partial charge in [-0.15, -0.1) is 0 Å². The second kappa shape index (κ2) is 12.6. The highest BCUT2D eigenvalue weighted by Gasteiger charge is 2.69. The molecule has 4 N–H and O–H groups in total. The van der Waals surface area contributed by atoms with E-state index in [2.05, 4.69) is 6.58 Å². The number of halogens is 6. The highest BCUT2D eigenvalue weighted by atomic mass is 19.4. The van der Waals surface area contributed by atoms with Gasteiger partial charge in [0, 0.05) is 14.6 Å². The van der Waals surface area contributed by atoms with E-state index < -0.39 is 66.7 Å². The first-order chi connectivity index (χ1) is 22.0. The van der Waals surface area contributed by atoms with Gasteiger partial charge in [0.05, 0.1) is 17.8 Å².